The Labute approximate surface area is 262 Å². The monoisotopic (exact) mass is 597 g/mol. The molecule has 0 aromatic heterocycles. The van der Waals surface area contributed by atoms with Gasteiger partial charge in [-0.15, -0.1) is 0 Å². The van der Waals surface area contributed by atoms with Gasteiger partial charge in [0.15, 0.2) is 0 Å². The molecule has 0 radical (unpaired) electrons. The topological polar surface area (TPSA) is 92.9 Å². The van der Waals surface area contributed by atoms with Crippen molar-refractivity contribution in [3.8, 4) is 0 Å². The van der Waals surface area contributed by atoms with E-state index in [1.54, 1.807) is 18.0 Å². The first-order valence-electron chi connectivity index (χ1n) is 15.6. The molecule has 0 bridgehead atoms. The molecular weight excluding hydrogens is 550 g/mol. The second kappa shape index (κ2) is 14.2. The highest BCUT2D eigenvalue weighted by atomic mass is 16.5. The van der Waals surface area contributed by atoms with E-state index in [1.807, 2.05) is 81.1 Å². The van der Waals surface area contributed by atoms with Gasteiger partial charge in [0.05, 0.1) is 12.0 Å². The molecule has 2 N–H and O–H groups in total. The molecule has 2 amide bonds. The number of nitrogens with two attached hydrogens (primary N) is 1. The molecule has 1 aliphatic rings. The van der Waals surface area contributed by atoms with Crippen LogP contribution < -0.4 is 5.73 Å². The second-order valence-corrected chi connectivity index (χ2v) is 13.0. The SMILES string of the molecule is CCOC(=O)C1(Cc2ccccc2)CCN(C(=O)C(Cc2ccc3ccccc3c2)N(C)C(=O)C=C(C)CC(C)(C)N)CC1. The lowest BCUT2D eigenvalue weighted by molar-refractivity contribution is -0.161. The third kappa shape index (κ3) is 8.35. The van der Waals surface area contributed by atoms with Gasteiger partial charge in [-0.2, -0.15) is 0 Å². The molecule has 44 heavy (non-hydrogen) atoms. The van der Waals surface area contributed by atoms with E-state index in [0.717, 1.165) is 27.5 Å². The molecule has 0 saturated carbocycles. The lowest BCUT2D eigenvalue weighted by atomic mass is 9.73. The number of hydrogen-bond donors (Lipinski definition) is 1. The molecule has 7 heteroatoms. The number of amides is 2. The van der Waals surface area contributed by atoms with Crippen LogP contribution in [0, 0.1) is 5.41 Å². The van der Waals surface area contributed by atoms with Crippen LogP contribution in [0.4, 0.5) is 0 Å². The molecule has 7 nitrogen and oxygen atoms in total. The molecule has 4 rings (SSSR count). The summed E-state index contributed by atoms with van der Waals surface area (Å²) in [4.78, 5) is 44.4. The second-order valence-electron chi connectivity index (χ2n) is 13.0. The van der Waals surface area contributed by atoms with Gasteiger partial charge in [0, 0.05) is 38.2 Å². The minimum atomic E-state index is -0.706. The molecule has 1 unspecified atom stereocenters. The van der Waals surface area contributed by atoms with Crippen LogP contribution in [0.1, 0.15) is 58.1 Å². The van der Waals surface area contributed by atoms with Gasteiger partial charge in [0.2, 0.25) is 11.8 Å². The maximum absolute atomic E-state index is 14.3. The summed E-state index contributed by atoms with van der Waals surface area (Å²) in [5.41, 5.74) is 7.97. The van der Waals surface area contributed by atoms with Gasteiger partial charge in [-0.1, -0.05) is 78.4 Å². The van der Waals surface area contributed by atoms with E-state index in [0.29, 0.717) is 51.8 Å². The molecular formula is C37H47N3O4. The number of fused-ring (bicyclic) bond motifs is 1. The zero-order chi connectivity index (χ0) is 31.9. The Morgan fingerprint density at radius 3 is 2.25 bits per heavy atom. The van der Waals surface area contributed by atoms with Crippen LogP contribution >= 0.6 is 0 Å². The summed E-state index contributed by atoms with van der Waals surface area (Å²) in [6.07, 6.45) is 4.10. The van der Waals surface area contributed by atoms with Gasteiger partial charge in [-0.3, -0.25) is 14.4 Å². The number of likely N-dealkylation sites (tertiary alicyclic amines) is 1. The standard InChI is InChI=1S/C37H47N3O4/c1-6-44-35(43)37(26-28-12-8-7-9-13-28)18-20-40(21-19-37)34(42)32(39(5)33(41)22-27(2)25-36(3,4)38)24-29-16-17-30-14-10-11-15-31(30)23-29/h7-17,22-23,32H,6,18-21,24-26,38H2,1-5H3. The van der Waals surface area contributed by atoms with Crippen molar-refractivity contribution in [3.63, 3.8) is 0 Å². The first-order valence-corrected chi connectivity index (χ1v) is 15.6. The van der Waals surface area contributed by atoms with Crippen LogP contribution in [0.3, 0.4) is 0 Å². The maximum atomic E-state index is 14.3. The number of nitrogens with zero attached hydrogens (tertiary/aromatic N) is 2. The van der Waals surface area contributed by atoms with Crippen molar-refractivity contribution in [1.29, 1.82) is 0 Å². The molecule has 3 aromatic rings. The number of likely N-dealkylation sites (N-methyl/N-ethyl adjacent to an activating group) is 1. The van der Waals surface area contributed by atoms with Crippen molar-refractivity contribution in [2.24, 2.45) is 11.1 Å². The summed E-state index contributed by atoms with van der Waals surface area (Å²) in [7, 11) is 1.70. The normalized spacial score (nSPS) is 16.0. The summed E-state index contributed by atoms with van der Waals surface area (Å²) in [5, 5.41) is 2.21. The van der Waals surface area contributed by atoms with Gasteiger partial charge >= 0.3 is 5.97 Å². The summed E-state index contributed by atoms with van der Waals surface area (Å²) < 4.78 is 5.54. The fourth-order valence-corrected chi connectivity index (χ4v) is 6.30. The average molecular weight is 598 g/mol. The van der Waals surface area contributed by atoms with Crippen LogP contribution in [0.15, 0.2) is 84.4 Å². The first-order chi connectivity index (χ1) is 20.9. The molecule has 0 aliphatic carbocycles. The fraction of sp³-hybridized carbons (Fsp3) is 0.432. The lowest BCUT2D eigenvalue weighted by Gasteiger charge is -2.42. The van der Waals surface area contributed by atoms with Gasteiger partial charge in [-0.25, -0.2) is 0 Å². The van der Waals surface area contributed by atoms with E-state index in [2.05, 4.69) is 24.3 Å². The van der Waals surface area contributed by atoms with E-state index in [9.17, 15) is 14.4 Å². The van der Waals surface area contributed by atoms with Gasteiger partial charge in [-0.05, 0) is 75.3 Å². The number of ether oxygens (including phenoxy) is 1. The van der Waals surface area contributed by atoms with E-state index in [-0.39, 0.29) is 17.8 Å². The molecule has 3 aromatic carbocycles. The van der Waals surface area contributed by atoms with Crippen LogP contribution in [-0.4, -0.2) is 65.9 Å². The van der Waals surface area contributed by atoms with Crippen LogP contribution in [0.2, 0.25) is 0 Å². The third-order valence-corrected chi connectivity index (χ3v) is 8.57. The minimum Gasteiger partial charge on any atom is -0.466 e. The van der Waals surface area contributed by atoms with Crippen molar-refractivity contribution in [3.05, 3.63) is 95.6 Å². The quantitative estimate of drug-likeness (QED) is 0.226. The van der Waals surface area contributed by atoms with Crippen molar-refractivity contribution in [1.82, 2.24) is 9.80 Å². The first kappa shape index (κ1) is 32.9. The predicted octanol–water partition coefficient (Wildman–Crippen LogP) is 5.70. The highest BCUT2D eigenvalue weighted by Crippen LogP contribution is 2.37. The number of carbonyl (C=O) groups excluding carboxylic acids is 3. The number of piperidine rings is 1. The largest absolute Gasteiger partial charge is 0.466 e. The van der Waals surface area contributed by atoms with Gasteiger partial charge < -0.3 is 20.3 Å². The Morgan fingerprint density at radius 1 is 0.977 bits per heavy atom. The third-order valence-electron chi connectivity index (χ3n) is 8.57. The molecule has 1 aliphatic heterocycles. The smallest absolute Gasteiger partial charge is 0.312 e. The number of hydrogen-bond acceptors (Lipinski definition) is 5. The van der Waals surface area contributed by atoms with Crippen molar-refractivity contribution >= 4 is 28.6 Å². The molecule has 234 valence electrons. The highest BCUT2D eigenvalue weighted by molar-refractivity contribution is 5.93. The predicted molar refractivity (Wildman–Crippen MR) is 176 cm³/mol. The molecule has 1 saturated heterocycles. The van der Waals surface area contributed by atoms with E-state index >= 15 is 0 Å². The number of benzene rings is 3. The van der Waals surface area contributed by atoms with Crippen LogP contribution in [-0.2, 0) is 32.0 Å². The lowest BCUT2D eigenvalue weighted by Crippen LogP contribution is -2.54. The van der Waals surface area contributed by atoms with Crippen molar-refractivity contribution < 1.29 is 19.1 Å². The maximum Gasteiger partial charge on any atom is 0.312 e. The number of esters is 1. The van der Waals surface area contributed by atoms with Crippen molar-refractivity contribution in [2.75, 3.05) is 26.7 Å². The molecule has 1 heterocycles. The number of carbonyl (C=O) groups is 3. The molecule has 1 fully saturated rings. The summed E-state index contributed by atoms with van der Waals surface area (Å²) >= 11 is 0. The number of rotatable bonds is 11. The van der Waals surface area contributed by atoms with Gasteiger partial charge in [0.25, 0.3) is 0 Å². The minimum absolute atomic E-state index is 0.114. The van der Waals surface area contributed by atoms with E-state index < -0.39 is 17.0 Å². The molecule has 1 atom stereocenters. The van der Waals surface area contributed by atoms with Crippen LogP contribution in [0.25, 0.3) is 10.8 Å². The Morgan fingerprint density at radius 2 is 1.61 bits per heavy atom. The Kier molecular flexibility index (Phi) is 10.6. The Hall–Kier alpha value is -3.97. The molecule has 0 spiro atoms. The zero-order valence-corrected chi connectivity index (χ0v) is 26.8. The fourth-order valence-electron chi connectivity index (χ4n) is 6.30. The van der Waals surface area contributed by atoms with E-state index in [4.69, 9.17) is 10.5 Å². The summed E-state index contributed by atoms with van der Waals surface area (Å²) in [6, 6.07) is 23.5. The zero-order valence-electron chi connectivity index (χ0n) is 26.8. The average Bonchev–Trinajstić information content (AvgIpc) is 2.99. The summed E-state index contributed by atoms with van der Waals surface area (Å²) in [6.45, 7) is 8.71. The Balaban J connectivity index is 1.58. The highest BCUT2D eigenvalue weighted by Gasteiger charge is 2.44. The van der Waals surface area contributed by atoms with E-state index in [1.165, 1.54) is 0 Å². The van der Waals surface area contributed by atoms with Gasteiger partial charge in [0.1, 0.15) is 6.04 Å². The Bertz CT molecular complexity index is 1480. The summed E-state index contributed by atoms with van der Waals surface area (Å²) in [5.74, 6) is -0.552. The van der Waals surface area contributed by atoms with Crippen molar-refractivity contribution in [2.45, 2.75) is 71.4 Å². The van der Waals surface area contributed by atoms with Crippen LogP contribution in [0.5, 0.6) is 0 Å².